The van der Waals surface area contributed by atoms with Gasteiger partial charge in [-0.25, -0.2) is 4.98 Å². The molecule has 0 radical (unpaired) electrons. The molecule has 0 unspecified atom stereocenters. The van der Waals surface area contributed by atoms with Crippen molar-refractivity contribution in [2.75, 3.05) is 11.4 Å². The van der Waals surface area contributed by atoms with E-state index in [2.05, 4.69) is 29.3 Å². The van der Waals surface area contributed by atoms with Gasteiger partial charge in [0.1, 0.15) is 0 Å². The number of anilines is 1. The van der Waals surface area contributed by atoms with Crippen molar-refractivity contribution >= 4 is 33.8 Å². The molecule has 4 nitrogen and oxygen atoms in total. The van der Waals surface area contributed by atoms with Crippen molar-refractivity contribution in [3.8, 4) is 0 Å². The van der Waals surface area contributed by atoms with E-state index in [0.717, 1.165) is 23.5 Å². The van der Waals surface area contributed by atoms with Gasteiger partial charge in [0.2, 0.25) is 0 Å². The van der Waals surface area contributed by atoms with Crippen LogP contribution in [0.1, 0.15) is 85.6 Å². The highest BCUT2D eigenvalue weighted by atomic mass is 32.1. The number of carbonyl (C=O) groups is 1. The van der Waals surface area contributed by atoms with Gasteiger partial charge in [-0.15, -0.1) is 22.7 Å². The summed E-state index contributed by atoms with van der Waals surface area (Å²) in [7, 11) is 0. The summed E-state index contributed by atoms with van der Waals surface area (Å²) >= 11 is 3.47. The zero-order chi connectivity index (χ0) is 20.9. The first-order chi connectivity index (χ1) is 14.6. The number of carboxylic acids is 1. The highest BCUT2D eigenvalue weighted by Crippen LogP contribution is 2.43. The smallest absolute Gasteiger partial charge is 0.305 e. The lowest BCUT2D eigenvalue weighted by Crippen LogP contribution is -2.25. The van der Waals surface area contributed by atoms with Crippen molar-refractivity contribution < 1.29 is 9.90 Å². The van der Waals surface area contributed by atoms with Gasteiger partial charge in [-0.05, 0) is 56.6 Å². The number of aromatic nitrogens is 1. The number of aryl methyl sites for hydroxylation is 1. The highest BCUT2D eigenvalue weighted by molar-refractivity contribution is 7.14. The van der Waals surface area contributed by atoms with Crippen LogP contribution in [-0.2, 0) is 11.3 Å². The van der Waals surface area contributed by atoms with Gasteiger partial charge in [0, 0.05) is 27.6 Å². The predicted octanol–water partition coefficient (Wildman–Crippen LogP) is 6.85. The molecule has 0 aromatic carbocycles. The summed E-state index contributed by atoms with van der Waals surface area (Å²) in [5, 5.41) is 12.4. The number of hydrogen-bond donors (Lipinski definition) is 1. The summed E-state index contributed by atoms with van der Waals surface area (Å²) in [6, 6.07) is 4.28. The minimum absolute atomic E-state index is 0.145. The quantitative estimate of drug-likeness (QED) is 0.482. The third-order valence-electron chi connectivity index (χ3n) is 7.03. The highest BCUT2D eigenvalue weighted by Gasteiger charge is 2.30. The van der Waals surface area contributed by atoms with E-state index in [1.807, 2.05) is 0 Å². The zero-order valence-electron chi connectivity index (χ0n) is 18.0. The van der Waals surface area contributed by atoms with Crippen molar-refractivity contribution in [1.82, 2.24) is 4.98 Å². The molecule has 2 aliphatic rings. The van der Waals surface area contributed by atoms with E-state index in [9.17, 15) is 9.90 Å². The molecular weight excluding hydrogens is 412 g/mol. The lowest BCUT2D eigenvalue weighted by Gasteiger charge is -2.35. The Labute approximate surface area is 188 Å². The second-order valence-corrected chi connectivity index (χ2v) is 11.4. The number of hydrogen-bond acceptors (Lipinski definition) is 5. The SMILES string of the molecule is Cc1ccc(CN(CCC(=O)O)c2nc(C3CCC(C4CCCCC4)CC3)cs2)s1. The summed E-state index contributed by atoms with van der Waals surface area (Å²) < 4.78 is 0. The summed E-state index contributed by atoms with van der Waals surface area (Å²) in [6.07, 6.45) is 12.6. The van der Waals surface area contributed by atoms with Crippen molar-refractivity contribution in [3.05, 3.63) is 33.0 Å². The summed E-state index contributed by atoms with van der Waals surface area (Å²) in [6.45, 7) is 3.36. The van der Waals surface area contributed by atoms with Crippen LogP contribution >= 0.6 is 22.7 Å². The van der Waals surface area contributed by atoms with E-state index in [1.165, 1.54) is 73.2 Å². The first-order valence-electron chi connectivity index (χ1n) is 11.6. The fourth-order valence-electron chi connectivity index (χ4n) is 5.33. The molecular formula is C24H34N2O2S2. The van der Waals surface area contributed by atoms with Crippen LogP contribution in [0.15, 0.2) is 17.5 Å². The molecule has 1 N–H and O–H groups in total. The van der Waals surface area contributed by atoms with Gasteiger partial charge in [0.05, 0.1) is 18.7 Å². The Morgan fingerprint density at radius 2 is 1.83 bits per heavy atom. The number of carboxylic acid groups (broad SMARTS) is 1. The second kappa shape index (κ2) is 10.3. The van der Waals surface area contributed by atoms with Crippen LogP contribution in [-0.4, -0.2) is 22.6 Å². The topological polar surface area (TPSA) is 53.4 Å². The summed E-state index contributed by atoms with van der Waals surface area (Å²) in [5.74, 6) is 1.75. The molecule has 0 bridgehead atoms. The summed E-state index contributed by atoms with van der Waals surface area (Å²) in [4.78, 5) is 20.9. The van der Waals surface area contributed by atoms with Gasteiger partial charge in [0.15, 0.2) is 5.13 Å². The number of thiazole rings is 1. The fourth-order valence-corrected chi connectivity index (χ4v) is 7.17. The maximum Gasteiger partial charge on any atom is 0.305 e. The molecule has 0 amide bonds. The fraction of sp³-hybridized carbons (Fsp3) is 0.667. The zero-order valence-corrected chi connectivity index (χ0v) is 19.6. The van der Waals surface area contributed by atoms with E-state index >= 15 is 0 Å². The molecule has 2 aliphatic carbocycles. The molecule has 2 saturated carbocycles. The Bertz CT molecular complexity index is 817. The molecule has 0 aliphatic heterocycles. The predicted molar refractivity (Wildman–Crippen MR) is 126 cm³/mol. The van der Waals surface area contributed by atoms with Crippen LogP contribution in [0, 0.1) is 18.8 Å². The Kier molecular flexibility index (Phi) is 7.47. The van der Waals surface area contributed by atoms with E-state index in [1.54, 1.807) is 22.7 Å². The van der Waals surface area contributed by atoms with Crippen LogP contribution in [0.25, 0.3) is 0 Å². The Morgan fingerprint density at radius 1 is 1.10 bits per heavy atom. The molecule has 0 spiro atoms. The van der Waals surface area contributed by atoms with E-state index in [-0.39, 0.29) is 6.42 Å². The lowest BCUT2D eigenvalue weighted by molar-refractivity contribution is -0.136. The normalized spacial score (nSPS) is 22.8. The largest absolute Gasteiger partial charge is 0.481 e. The Morgan fingerprint density at radius 3 is 2.50 bits per heavy atom. The Balaban J connectivity index is 1.38. The van der Waals surface area contributed by atoms with Gasteiger partial charge in [-0.1, -0.05) is 32.1 Å². The van der Waals surface area contributed by atoms with Crippen LogP contribution in [0.4, 0.5) is 5.13 Å². The van der Waals surface area contributed by atoms with Crippen molar-refractivity contribution in [3.63, 3.8) is 0 Å². The lowest BCUT2D eigenvalue weighted by atomic mass is 9.70. The maximum atomic E-state index is 11.2. The molecule has 2 aromatic heterocycles. The third-order valence-corrected chi connectivity index (χ3v) is 8.93. The molecule has 2 aromatic rings. The molecule has 4 rings (SSSR count). The van der Waals surface area contributed by atoms with Crippen molar-refractivity contribution in [2.45, 2.75) is 83.6 Å². The van der Waals surface area contributed by atoms with Gasteiger partial charge in [-0.3, -0.25) is 4.79 Å². The molecule has 164 valence electrons. The van der Waals surface area contributed by atoms with Gasteiger partial charge < -0.3 is 10.0 Å². The first-order valence-corrected chi connectivity index (χ1v) is 13.3. The average molecular weight is 447 g/mol. The minimum Gasteiger partial charge on any atom is -0.481 e. The number of aliphatic carboxylic acids is 1. The van der Waals surface area contributed by atoms with Gasteiger partial charge >= 0.3 is 5.97 Å². The number of rotatable bonds is 8. The second-order valence-electron chi connectivity index (χ2n) is 9.14. The van der Waals surface area contributed by atoms with Crippen LogP contribution in [0.5, 0.6) is 0 Å². The first kappa shape index (κ1) is 21.8. The summed E-state index contributed by atoms with van der Waals surface area (Å²) in [5.41, 5.74) is 1.24. The van der Waals surface area contributed by atoms with Gasteiger partial charge in [0.25, 0.3) is 0 Å². The van der Waals surface area contributed by atoms with Crippen LogP contribution in [0.3, 0.4) is 0 Å². The van der Waals surface area contributed by atoms with E-state index in [4.69, 9.17) is 4.98 Å². The molecule has 0 saturated heterocycles. The van der Waals surface area contributed by atoms with Gasteiger partial charge in [-0.2, -0.15) is 0 Å². The molecule has 30 heavy (non-hydrogen) atoms. The number of thiophene rings is 1. The van der Waals surface area contributed by atoms with Crippen LogP contribution in [0.2, 0.25) is 0 Å². The van der Waals surface area contributed by atoms with Crippen molar-refractivity contribution in [1.29, 1.82) is 0 Å². The molecule has 2 heterocycles. The van der Waals surface area contributed by atoms with Crippen LogP contribution < -0.4 is 4.90 Å². The maximum absolute atomic E-state index is 11.2. The van der Waals surface area contributed by atoms with Crippen molar-refractivity contribution in [2.24, 2.45) is 11.8 Å². The average Bonchev–Trinajstić information content (AvgIpc) is 3.41. The molecule has 2 fully saturated rings. The Hall–Kier alpha value is -1.40. The standard InChI is InChI=1S/C24H34N2O2S2/c1-17-7-12-21(30-17)15-26(14-13-23(27)28)24-25-22(16-29-24)20-10-8-19(9-11-20)18-5-3-2-4-6-18/h7,12,16,18-20H,2-6,8-11,13-15H2,1H3,(H,27,28). The van der Waals surface area contributed by atoms with E-state index < -0.39 is 5.97 Å². The number of nitrogens with zero attached hydrogens (tertiary/aromatic N) is 2. The third kappa shape index (κ3) is 5.64. The monoisotopic (exact) mass is 446 g/mol. The minimum atomic E-state index is -0.750. The molecule has 6 heteroatoms. The molecule has 0 atom stereocenters. The van der Waals surface area contributed by atoms with E-state index in [0.29, 0.717) is 12.5 Å².